The summed E-state index contributed by atoms with van der Waals surface area (Å²) >= 11 is 7.09. The van der Waals surface area contributed by atoms with Gasteiger partial charge < -0.3 is 10.2 Å². The summed E-state index contributed by atoms with van der Waals surface area (Å²) in [5.41, 5.74) is -0.535. The molecule has 1 N–H and O–H groups in total. The Kier molecular flexibility index (Phi) is 8.81. The molecule has 3 rings (SSSR count). The molecule has 0 spiro atoms. The summed E-state index contributed by atoms with van der Waals surface area (Å²) in [6.45, 7) is 4.14. The lowest BCUT2D eigenvalue weighted by Gasteiger charge is -2.25. The largest absolute Gasteiger partial charge is 0.416 e. The Morgan fingerprint density at radius 2 is 1.84 bits per heavy atom. The number of benzene rings is 2. The van der Waals surface area contributed by atoms with Crippen molar-refractivity contribution in [3.05, 3.63) is 68.7 Å². The van der Waals surface area contributed by atoms with E-state index in [0.29, 0.717) is 17.1 Å². The third-order valence-corrected chi connectivity index (χ3v) is 6.21. The van der Waals surface area contributed by atoms with Crippen molar-refractivity contribution in [2.75, 3.05) is 18.4 Å². The molecule has 0 bridgehead atoms. The zero-order valence-electron chi connectivity index (χ0n) is 19.6. The Morgan fingerprint density at radius 1 is 1.16 bits per heavy atom. The van der Waals surface area contributed by atoms with Crippen molar-refractivity contribution in [3.63, 3.8) is 0 Å². The van der Waals surface area contributed by atoms with Gasteiger partial charge in [0.15, 0.2) is 0 Å². The van der Waals surface area contributed by atoms with Gasteiger partial charge in [-0.1, -0.05) is 48.9 Å². The van der Waals surface area contributed by atoms with Crippen LogP contribution in [-0.4, -0.2) is 44.9 Å². The summed E-state index contributed by atoms with van der Waals surface area (Å²) < 4.78 is 38.3. The van der Waals surface area contributed by atoms with Crippen LogP contribution >= 0.6 is 22.9 Å². The van der Waals surface area contributed by atoms with E-state index in [0.717, 1.165) is 29.5 Å². The Morgan fingerprint density at radius 3 is 2.41 bits per heavy atom. The molecule has 1 heterocycles. The maximum Gasteiger partial charge on any atom is 0.416 e. The minimum atomic E-state index is -4.45. The number of alkyl halides is 3. The van der Waals surface area contributed by atoms with Gasteiger partial charge in [0, 0.05) is 37.2 Å². The quantitative estimate of drug-likeness (QED) is 0.259. The van der Waals surface area contributed by atoms with E-state index in [1.807, 2.05) is 13.8 Å². The first-order chi connectivity index (χ1) is 17.3. The van der Waals surface area contributed by atoms with Gasteiger partial charge in [0.25, 0.3) is 11.6 Å². The van der Waals surface area contributed by atoms with E-state index in [1.54, 1.807) is 0 Å². The molecular formula is C23H21ClF3N5O4S. The molecule has 196 valence electrons. The molecule has 0 saturated carbocycles. The number of non-ortho nitro benzene ring substituents is 1. The van der Waals surface area contributed by atoms with Gasteiger partial charge in [0.05, 0.1) is 21.1 Å². The van der Waals surface area contributed by atoms with Crippen molar-refractivity contribution >= 4 is 45.6 Å². The van der Waals surface area contributed by atoms with Crippen LogP contribution in [0.15, 0.2) is 42.5 Å². The van der Waals surface area contributed by atoms with Crippen LogP contribution in [0, 0.1) is 16.0 Å². The molecule has 2 aromatic carbocycles. The van der Waals surface area contributed by atoms with Crippen LogP contribution in [0.1, 0.15) is 36.2 Å². The molecule has 0 unspecified atom stereocenters. The highest BCUT2D eigenvalue weighted by molar-refractivity contribution is 7.18. The zero-order valence-corrected chi connectivity index (χ0v) is 21.2. The van der Waals surface area contributed by atoms with Crippen LogP contribution in [0.25, 0.3) is 10.6 Å². The molecule has 9 nitrogen and oxygen atoms in total. The molecule has 37 heavy (non-hydrogen) atoms. The van der Waals surface area contributed by atoms with E-state index < -0.39 is 28.5 Å². The number of amides is 2. The van der Waals surface area contributed by atoms with Crippen LogP contribution in [-0.2, 0) is 11.0 Å². The normalized spacial score (nSPS) is 11.4. The van der Waals surface area contributed by atoms with Gasteiger partial charge in [-0.3, -0.25) is 19.7 Å². The summed E-state index contributed by atoms with van der Waals surface area (Å²) in [5.74, 6) is -0.855. The fraction of sp³-hybridized carbons (Fsp3) is 0.304. The number of nitrogens with one attached hydrogen (secondary N) is 1. The van der Waals surface area contributed by atoms with Crippen molar-refractivity contribution in [3.8, 4) is 10.6 Å². The van der Waals surface area contributed by atoms with Crippen molar-refractivity contribution in [1.29, 1.82) is 0 Å². The van der Waals surface area contributed by atoms with Gasteiger partial charge in [-0.2, -0.15) is 13.2 Å². The smallest absolute Gasteiger partial charge is 0.338 e. The number of carbonyl (C=O) groups excluding carboxylic acids is 2. The molecule has 0 atom stereocenters. The summed E-state index contributed by atoms with van der Waals surface area (Å²) in [6, 6.07) is 7.97. The second-order valence-corrected chi connectivity index (χ2v) is 9.74. The third kappa shape index (κ3) is 7.46. The maximum absolute atomic E-state index is 13.0. The number of hydrogen-bond acceptors (Lipinski definition) is 7. The Bertz CT molecular complexity index is 1300. The molecule has 0 aliphatic carbocycles. The predicted molar refractivity (Wildman–Crippen MR) is 132 cm³/mol. The number of nitro groups is 1. The molecule has 14 heteroatoms. The predicted octanol–water partition coefficient (Wildman–Crippen LogP) is 5.91. The van der Waals surface area contributed by atoms with E-state index in [1.165, 1.54) is 29.2 Å². The van der Waals surface area contributed by atoms with Crippen LogP contribution < -0.4 is 5.32 Å². The molecule has 0 aliphatic rings. The number of aromatic nitrogens is 2. The molecule has 0 aliphatic heterocycles. The zero-order chi connectivity index (χ0) is 27.3. The number of hydrogen-bond donors (Lipinski definition) is 1. The van der Waals surface area contributed by atoms with Gasteiger partial charge in [-0.25, -0.2) is 0 Å². The molecule has 1 aromatic heterocycles. The van der Waals surface area contributed by atoms with Crippen LogP contribution in [0.5, 0.6) is 0 Å². The summed E-state index contributed by atoms with van der Waals surface area (Å²) in [6.07, 6.45) is -4.54. The monoisotopic (exact) mass is 555 g/mol. The first-order valence-electron chi connectivity index (χ1n) is 10.9. The molecule has 3 aromatic rings. The average molecular weight is 556 g/mol. The molecule has 2 amide bonds. The second kappa shape index (κ2) is 11.6. The standard InChI is InChI=1S/C23H21ClF3N5O4S/c1-13(2)12-31(21(34)17-8-7-16(32(35)36)11-18(17)24)10-9-19(33)28-22-30-29-20(37-22)14-3-5-15(6-4-14)23(25,26)27/h3-8,11,13H,9-10,12H2,1-2H3,(H,28,30,33). The van der Waals surface area contributed by atoms with Gasteiger partial charge in [0.2, 0.25) is 11.0 Å². The molecular weight excluding hydrogens is 535 g/mol. The highest BCUT2D eigenvalue weighted by Crippen LogP contribution is 2.32. The first kappa shape index (κ1) is 28.0. The van der Waals surface area contributed by atoms with Gasteiger partial charge >= 0.3 is 6.18 Å². The van der Waals surface area contributed by atoms with E-state index in [-0.39, 0.29) is 40.3 Å². The summed E-state index contributed by atoms with van der Waals surface area (Å²) in [5, 5.41) is 21.7. The van der Waals surface area contributed by atoms with E-state index in [4.69, 9.17) is 11.6 Å². The number of nitro benzene ring substituents is 1. The Balaban J connectivity index is 1.64. The number of halogens is 4. The number of anilines is 1. The van der Waals surface area contributed by atoms with Crippen molar-refractivity contribution in [2.45, 2.75) is 26.4 Å². The number of carbonyl (C=O) groups is 2. The summed E-state index contributed by atoms with van der Waals surface area (Å²) in [4.78, 5) is 37.3. The van der Waals surface area contributed by atoms with E-state index in [9.17, 15) is 32.9 Å². The molecule has 0 radical (unpaired) electrons. The second-order valence-electron chi connectivity index (χ2n) is 8.35. The molecule has 0 fully saturated rings. The lowest BCUT2D eigenvalue weighted by Crippen LogP contribution is -2.36. The fourth-order valence-electron chi connectivity index (χ4n) is 3.29. The van der Waals surface area contributed by atoms with E-state index >= 15 is 0 Å². The van der Waals surface area contributed by atoms with E-state index in [2.05, 4.69) is 15.5 Å². The number of nitrogens with zero attached hydrogens (tertiary/aromatic N) is 4. The maximum atomic E-state index is 13.0. The fourth-order valence-corrected chi connectivity index (χ4v) is 4.31. The van der Waals surface area contributed by atoms with Crippen LogP contribution in [0.4, 0.5) is 24.0 Å². The topological polar surface area (TPSA) is 118 Å². The van der Waals surface area contributed by atoms with Crippen LogP contribution in [0.3, 0.4) is 0 Å². The van der Waals surface area contributed by atoms with Gasteiger partial charge in [-0.15, -0.1) is 10.2 Å². The SMILES string of the molecule is CC(C)CN(CCC(=O)Nc1nnc(-c2ccc(C(F)(F)F)cc2)s1)C(=O)c1ccc([N+](=O)[O-])cc1Cl. The Labute approximate surface area is 218 Å². The minimum absolute atomic E-state index is 0.0424. The van der Waals surface area contributed by atoms with Gasteiger partial charge in [0.1, 0.15) is 5.01 Å². The molecule has 0 saturated heterocycles. The van der Waals surface area contributed by atoms with Crippen molar-refractivity contribution in [1.82, 2.24) is 15.1 Å². The highest BCUT2D eigenvalue weighted by Gasteiger charge is 2.30. The number of rotatable bonds is 9. The minimum Gasteiger partial charge on any atom is -0.338 e. The van der Waals surface area contributed by atoms with Gasteiger partial charge in [-0.05, 0) is 24.1 Å². The average Bonchev–Trinajstić information content (AvgIpc) is 3.29. The van der Waals surface area contributed by atoms with Crippen molar-refractivity contribution < 1.29 is 27.7 Å². The lowest BCUT2D eigenvalue weighted by molar-refractivity contribution is -0.384. The summed E-state index contributed by atoms with van der Waals surface area (Å²) in [7, 11) is 0. The Hall–Kier alpha value is -3.58. The van der Waals surface area contributed by atoms with Crippen molar-refractivity contribution in [2.24, 2.45) is 5.92 Å². The third-order valence-electron chi connectivity index (χ3n) is 5.01. The van der Waals surface area contributed by atoms with Crippen LogP contribution in [0.2, 0.25) is 5.02 Å². The first-order valence-corrected chi connectivity index (χ1v) is 12.1. The highest BCUT2D eigenvalue weighted by atomic mass is 35.5. The lowest BCUT2D eigenvalue weighted by atomic mass is 10.1.